The maximum absolute atomic E-state index is 13.1. The monoisotopic (exact) mass is 670 g/mol. The summed E-state index contributed by atoms with van der Waals surface area (Å²) in [5.41, 5.74) is 1.41. The summed E-state index contributed by atoms with van der Waals surface area (Å²) in [5.74, 6) is -0.191. The third-order valence-electron chi connectivity index (χ3n) is 5.54. The quantitative estimate of drug-likeness (QED) is 0.300. The molecule has 0 amide bonds. The highest BCUT2D eigenvalue weighted by atomic mass is 79.9. The second-order valence-corrected chi connectivity index (χ2v) is 10.6. The molecule has 1 heterocycles. The van der Waals surface area contributed by atoms with Gasteiger partial charge in [0.2, 0.25) is 0 Å². The van der Waals surface area contributed by atoms with Crippen LogP contribution >= 0.6 is 43.5 Å². The maximum atomic E-state index is 13.1. The fraction of sp³-hybridized carbons (Fsp3) is 0.400. The van der Waals surface area contributed by atoms with Crippen LogP contribution in [-0.4, -0.2) is 31.0 Å². The van der Waals surface area contributed by atoms with Crippen molar-refractivity contribution >= 4 is 49.4 Å². The van der Waals surface area contributed by atoms with E-state index in [1.165, 1.54) is 13.2 Å². The average molecular weight is 673 g/mol. The highest BCUT2D eigenvalue weighted by Gasteiger charge is 2.34. The van der Waals surface area contributed by atoms with Gasteiger partial charge in [0.1, 0.15) is 35.3 Å². The van der Waals surface area contributed by atoms with Gasteiger partial charge in [0.15, 0.2) is 11.5 Å². The van der Waals surface area contributed by atoms with Gasteiger partial charge in [-0.05, 0) is 74.9 Å². The van der Waals surface area contributed by atoms with Gasteiger partial charge >= 0.3 is 12.1 Å². The molecule has 1 N–H and O–H groups in total. The Morgan fingerprint density at radius 2 is 1.92 bits per heavy atom. The summed E-state index contributed by atoms with van der Waals surface area (Å²) < 4.78 is 62.3. The first kappa shape index (κ1) is 29.6. The lowest BCUT2D eigenvalue weighted by molar-refractivity contribution is -0.0849. The van der Waals surface area contributed by atoms with Gasteiger partial charge in [-0.15, -0.1) is 0 Å². The van der Waals surface area contributed by atoms with Gasteiger partial charge in [0, 0.05) is 10.0 Å². The normalized spacial score (nSPS) is 14.7. The molecule has 37 heavy (non-hydrogen) atoms. The van der Waals surface area contributed by atoms with Crippen molar-refractivity contribution in [2.45, 2.75) is 46.1 Å². The third kappa shape index (κ3) is 6.38. The Bertz CT molecular complexity index is 1230. The fourth-order valence-electron chi connectivity index (χ4n) is 3.74. The minimum Gasteiger partial charge on any atom is -0.495 e. The van der Waals surface area contributed by atoms with E-state index in [2.05, 4.69) is 31.9 Å². The van der Waals surface area contributed by atoms with Crippen LogP contribution in [0, 0.1) is 12.8 Å². The van der Waals surface area contributed by atoms with Crippen LogP contribution in [-0.2, 0) is 11.3 Å². The Kier molecular flexibility index (Phi) is 9.47. The molecule has 0 fully saturated rings. The number of hydrogen-bond donors (Lipinski definition) is 1. The molecule has 6 nitrogen and oxygen atoms in total. The van der Waals surface area contributed by atoms with Crippen LogP contribution in [0.4, 0.5) is 13.2 Å². The number of allylic oxidation sites excluding steroid dienone is 1. The van der Waals surface area contributed by atoms with Crippen LogP contribution in [0.3, 0.4) is 0 Å². The predicted octanol–water partition coefficient (Wildman–Crippen LogP) is 8.13. The summed E-state index contributed by atoms with van der Waals surface area (Å²) in [4.78, 5) is 13.1. The molecule has 0 spiro atoms. The van der Waals surface area contributed by atoms with E-state index in [0.29, 0.717) is 38.1 Å². The number of halogens is 6. The average Bonchev–Trinajstić information content (AvgIpc) is 2.81. The van der Waals surface area contributed by atoms with Gasteiger partial charge in [0.25, 0.3) is 0 Å². The van der Waals surface area contributed by atoms with Gasteiger partial charge in [0.05, 0.1) is 23.2 Å². The zero-order chi connectivity index (χ0) is 27.7. The number of aliphatic hydroxyl groups excluding tert-OH is 1. The van der Waals surface area contributed by atoms with Crippen LogP contribution < -0.4 is 14.2 Å². The number of hydrogen-bond acceptors (Lipinski definition) is 6. The molecule has 0 unspecified atom stereocenters. The zero-order valence-corrected chi connectivity index (χ0v) is 24.2. The standard InChI is InChI=1S/C25H24Br2ClF3O6/c1-11(2)9-15(32)13-5-6-16-18(21(13)34-4)24(33)36-10-14-19(26)12(3)20(27)23(22(14)37-16)35-8-7-17(28)25(29,30)31/h5-7,11,15,32H,8-10H2,1-4H3/b17-7-/t15-/m0/s1. The summed E-state index contributed by atoms with van der Waals surface area (Å²) in [6, 6.07) is 3.09. The number of methoxy groups -OCH3 is 1. The van der Waals surface area contributed by atoms with Crippen LogP contribution in [0.1, 0.15) is 53.4 Å². The Labute approximate surface area is 233 Å². The van der Waals surface area contributed by atoms with Crippen LogP contribution in [0.15, 0.2) is 32.2 Å². The molecule has 0 aromatic heterocycles. The molecule has 0 saturated heterocycles. The summed E-state index contributed by atoms with van der Waals surface area (Å²) in [7, 11) is 1.36. The number of rotatable bonds is 7. The summed E-state index contributed by atoms with van der Waals surface area (Å²) >= 11 is 12.2. The van der Waals surface area contributed by atoms with Crippen molar-refractivity contribution < 1.29 is 42.0 Å². The highest BCUT2D eigenvalue weighted by molar-refractivity contribution is 9.11. The molecule has 1 atom stereocenters. The fourth-order valence-corrected chi connectivity index (χ4v) is 5.06. The molecule has 3 rings (SSSR count). The number of alkyl halides is 3. The summed E-state index contributed by atoms with van der Waals surface area (Å²) in [6.45, 7) is 4.89. The predicted molar refractivity (Wildman–Crippen MR) is 139 cm³/mol. The molecule has 12 heteroatoms. The Morgan fingerprint density at radius 3 is 2.51 bits per heavy atom. The van der Waals surface area contributed by atoms with Gasteiger partial charge < -0.3 is 24.1 Å². The van der Waals surface area contributed by atoms with Gasteiger partial charge in [-0.2, -0.15) is 13.2 Å². The lowest BCUT2D eigenvalue weighted by Crippen LogP contribution is -2.16. The lowest BCUT2D eigenvalue weighted by atomic mass is 9.96. The molecular weight excluding hydrogens is 649 g/mol. The van der Waals surface area contributed by atoms with Crippen LogP contribution in [0.5, 0.6) is 23.0 Å². The second kappa shape index (κ2) is 11.8. The van der Waals surface area contributed by atoms with Crippen molar-refractivity contribution in [3.05, 3.63) is 54.4 Å². The second-order valence-electron chi connectivity index (χ2n) is 8.64. The van der Waals surface area contributed by atoms with E-state index in [1.54, 1.807) is 13.0 Å². The van der Waals surface area contributed by atoms with E-state index in [0.717, 1.165) is 0 Å². The molecule has 0 saturated carbocycles. The minimum absolute atomic E-state index is 0.0350. The maximum Gasteiger partial charge on any atom is 0.426 e. The third-order valence-corrected chi connectivity index (χ3v) is 7.93. The van der Waals surface area contributed by atoms with Crippen molar-refractivity contribution in [1.29, 1.82) is 0 Å². The number of carbonyl (C=O) groups is 1. The van der Waals surface area contributed by atoms with Crippen molar-refractivity contribution in [2.24, 2.45) is 5.92 Å². The highest BCUT2D eigenvalue weighted by Crippen LogP contribution is 2.50. The Hall–Kier alpha value is -1.95. The van der Waals surface area contributed by atoms with E-state index in [1.807, 2.05) is 13.8 Å². The number of esters is 1. The molecule has 2 aromatic rings. The molecular formula is C25H24Br2ClF3O6. The number of aliphatic hydroxyl groups is 1. The van der Waals surface area contributed by atoms with E-state index in [9.17, 15) is 23.1 Å². The minimum atomic E-state index is -4.70. The van der Waals surface area contributed by atoms with Gasteiger partial charge in [-0.3, -0.25) is 0 Å². The number of benzene rings is 2. The number of carbonyl (C=O) groups excluding carboxylic acids is 1. The van der Waals surface area contributed by atoms with Crippen molar-refractivity contribution in [3.63, 3.8) is 0 Å². The first-order chi connectivity index (χ1) is 17.3. The largest absolute Gasteiger partial charge is 0.495 e. The molecule has 202 valence electrons. The molecule has 1 aliphatic rings. The van der Waals surface area contributed by atoms with Crippen molar-refractivity contribution in [1.82, 2.24) is 0 Å². The van der Waals surface area contributed by atoms with E-state index < -0.39 is 29.9 Å². The summed E-state index contributed by atoms with van der Waals surface area (Å²) in [5, 5.41) is 9.40. The van der Waals surface area contributed by atoms with E-state index >= 15 is 0 Å². The SMILES string of the molecule is COc1c([C@@H](O)CC(C)C)ccc2c1C(=O)OCc1c(Br)c(C)c(Br)c(OC/C=C(\Cl)C(F)(F)F)c1O2. The Morgan fingerprint density at radius 1 is 1.24 bits per heavy atom. The van der Waals surface area contributed by atoms with Crippen molar-refractivity contribution in [2.75, 3.05) is 13.7 Å². The number of ether oxygens (including phenoxy) is 4. The first-order valence-electron chi connectivity index (χ1n) is 11.1. The molecule has 0 aliphatic carbocycles. The molecule has 0 bridgehead atoms. The van der Waals surface area contributed by atoms with E-state index in [-0.39, 0.29) is 41.1 Å². The topological polar surface area (TPSA) is 74.2 Å². The van der Waals surface area contributed by atoms with E-state index in [4.69, 9.17) is 30.5 Å². The number of fused-ring (bicyclic) bond motifs is 2. The van der Waals surface area contributed by atoms with Crippen LogP contribution in [0.25, 0.3) is 0 Å². The number of cyclic esters (lactones) is 1. The Balaban J connectivity index is 2.14. The van der Waals surface area contributed by atoms with Gasteiger partial charge in [-0.1, -0.05) is 25.4 Å². The zero-order valence-electron chi connectivity index (χ0n) is 20.3. The first-order valence-corrected chi connectivity index (χ1v) is 13.0. The van der Waals surface area contributed by atoms with Crippen molar-refractivity contribution in [3.8, 4) is 23.0 Å². The van der Waals surface area contributed by atoms with Gasteiger partial charge in [-0.25, -0.2) is 4.79 Å². The summed E-state index contributed by atoms with van der Waals surface area (Å²) in [6.07, 6.45) is -4.48. The molecule has 2 aromatic carbocycles. The smallest absolute Gasteiger partial charge is 0.426 e. The molecule has 0 radical (unpaired) electrons. The van der Waals surface area contributed by atoms with Crippen LogP contribution in [0.2, 0.25) is 0 Å². The molecule has 1 aliphatic heterocycles. The lowest BCUT2D eigenvalue weighted by Gasteiger charge is -2.26.